The van der Waals surface area contributed by atoms with E-state index in [1.54, 1.807) is 7.11 Å². The van der Waals surface area contributed by atoms with Crippen LogP contribution in [-0.2, 0) is 15.9 Å². The molecule has 0 saturated heterocycles. The Morgan fingerprint density at radius 1 is 1.09 bits per heavy atom. The Morgan fingerprint density at radius 3 is 2.52 bits per heavy atom. The first-order valence-electron chi connectivity index (χ1n) is 7.70. The van der Waals surface area contributed by atoms with Crippen molar-refractivity contribution in [1.29, 1.82) is 0 Å². The summed E-state index contributed by atoms with van der Waals surface area (Å²) in [5, 5.41) is 0.243. The maximum Gasteiger partial charge on any atom is 0.395 e. The van der Waals surface area contributed by atoms with Crippen LogP contribution in [0.15, 0.2) is 59.0 Å². The van der Waals surface area contributed by atoms with Gasteiger partial charge in [0, 0.05) is 0 Å². The second-order valence-electron chi connectivity index (χ2n) is 6.13. The monoisotopic (exact) mass is 327 g/mol. The van der Waals surface area contributed by atoms with E-state index in [2.05, 4.69) is 66.8 Å². The zero-order valence-corrected chi connectivity index (χ0v) is 14.5. The van der Waals surface area contributed by atoms with Crippen molar-refractivity contribution in [3.63, 3.8) is 0 Å². The van der Waals surface area contributed by atoms with Crippen LogP contribution in [-0.4, -0.2) is 24.0 Å². The van der Waals surface area contributed by atoms with Gasteiger partial charge < -0.3 is 9.47 Å². The largest absolute Gasteiger partial charge is 0.453 e. The fraction of sp³-hybridized carbons (Fsp3) is 0.316. The number of hydrogen-bond acceptors (Lipinski definition) is 4. The first kappa shape index (κ1) is 15.9. The molecule has 0 spiro atoms. The van der Waals surface area contributed by atoms with E-state index in [0.717, 1.165) is 6.42 Å². The normalized spacial score (nSPS) is 19.6. The molecule has 120 valence electrons. The molecule has 0 saturated carbocycles. The van der Waals surface area contributed by atoms with E-state index in [4.69, 9.17) is 9.47 Å². The lowest BCUT2D eigenvalue weighted by atomic mass is 9.95. The minimum atomic E-state index is -0.319. The molecule has 1 unspecified atom stereocenters. The topological polar surface area (TPSA) is 30.8 Å². The molecule has 1 aliphatic heterocycles. The van der Waals surface area contributed by atoms with Gasteiger partial charge in [-0.2, -0.15) is 0 Å². The molecule has 3 nitrogen and oxygen atoms in total. The van der Waals surface area contributed by atoms with E-state index >= 15 is 0 Å². The molecule has 0 aliphatic carbocycles. The highest BCUT2D eigenvalue weighted by Crippen LogP contribution is 2.35. The molecule has 1 aliphatic rings. The van der Waals surface area contributed by atoms with Crippen molar-refractivity contribution in [3.05, 3.63) is 60.2 Å². The van der Waals surface area contributed by atoms with Crippen LogP contribution in [0.25, 0.3) is 11.1 Å². The number of hydrogen-bond donors (Lipinski definition) is 0. The minimum absolute atomic E-state index is 0.243. The number of ether oxygens (including phenoxy) is 2. The van der Waals surface area contributed by atoms with Crippen LogP contribution < -0.4 is 0 Å². The highest BCUT2D eigenvalue weighted by molar-refractivity contribution is 7.98. The summed E-state index contributed by atoms with van der Waals surface area (Å²) >= 11 is 1.54. The lowest BCUT2D eigenvalue weighted by Gasteiger charge is -2.35. The van der Waals surface area contributed by atoms with Gasteiger partial charge in [-0.05, 0) is 48.9 Å². The van der Waals surface area contributed by atoms with Gasteiger partial charge in [-0.15, -0.1) is 4.40 Å². The molecule has 0 N–H and O–H groups in total. The van der Waals surface area contributed by atoms with Crippen LogP contribution in [0.4, 0.5) is 0 Å². The van der Waals surface area contributed by atoms with Crippen LogP contribution in [0.5, 0.6) is 0 Å². The predicted molar refractivity (Wildman–Crippen MR) is 96.6 cm³/mol. The van der Waals surface area contributed by atoms with Crippen molar-refractivity contribution in [2.75, 3.05) is 7.11 Å². The molecule has 1 atom stereocenters. The lowest BCUT2D eigenvalue weighted by Crippen LogP contribution is -2.42. The Bertz CT molecular complexity index is 698. The molecule has 2 aromatic carbocycles. The van der Waals surface area contributed by atoms with Gasteiger partial charge in [-0.1, -0.05) is 54.6 Å². The van der Waals surface area contributed by atoms with Gasteiger partial charge in [0.2, 0.25) is 0 Å². The van der Waals surface area contributed by atoms with Crippen LogP contribution in [0, 0.1) is 0 Å². The summed E-state index contributed by atoms with van der Waals surface area (Å²) in [6.45, 7) is 4.17. The van der Waals surface area contributed by atoms with Crippen molar-refractivity contribution in [3.8, 4) is 11.1 Å². The van der Waals surface area contributed by atoms with E-state index in [1.165, 1.54) is 28.6 Å². The van der Waals surface area contributed by atoms with E-state index in [0.29, 0.717) is 6.08 Å². The van der Waals surface area contributed by atoms with E-state index in [-0.39, 0.29) is 10.9 Å². The number of rotatable bonds is 3. The van der Waals surface area contributed by atoms with Crippen LogP contribution in [0.2, 0.25) is 0 Å². The third kappa shape index (κ3) is 3.70. The second-order valence-corrected chi connectivity index (χ2v) is 7.09. The van der Waals surface area contributed by atoms with Crippen molar-refractivity contribution < 1.29 is 9.47 Å². The molecule has 0 aromatic heterocycles. The molecule has 3 rings (SSSR count). The average Bonchev–Trinajstić information content (AvgIpc) is 2.57. The van der Waals surface area contributed by atoms with E-state index < -0.39 is 0 Å². The number of benzene rings is 2. The quantitative estimate of drug-likeness (QED) is 0.764. The third-order valence-corrected chi connectivity index (χ3v) is 5.25. The van der Waals surface area contributed by atoms with Crippen LogP contribution in [0.3, 0.4) is 0 Å². The van der Waals surface area contributed by atoms with Gasteiger partial charge in [-0.3, -0.25) is 0 Å². The highest BCUT2D eigenvalue weighted by Gasteiger charge is 2.37. The average molecular weight is 327 g/mol. The fourth-order valence-corrected chi connectivity index (χ4v) is 3.52. The summed E-state index contributed by atoms with van der Waals surface area (Å²) in [6, 6.07) is 19.1. The molecule has 0 radical (unpaired) electrons. The van der Waals surface area contributed by atoms with Crippen molar-refractivity contribution >= 4 is 18.0 Å². The molecule has 0 fully saturated rings. The summed E-state index contributed by atoms with van der Waals surface area (Å²) in [6.07, 6.45) is 1.26. The van der Waals surface area contributed by atoms with Crippen LogP contribution in [0.1, 0.15) is 19.4 Å². The Morgan fingerprint density at radius 2 is 1.83 bits per heavy atom. The van der Waals surface area contributed by atoms with Crippen LogP contribution >= 0.6 is 11.9 Å². The maximum absolute atomic E-state index is 5.83. The molecule has 0 bridgehead atoms. The zero-order valence-electron chi connectivity index (χ0n) is 13.7. The Hall–Kier alpha value is -1.94. The SMILES string of the molecule is COC1=NSC(Cc2cccc(-c3ccccc3)c2)C(C)(C)O1. The van der Waals surface area contributed by atoms with Crippen molar-refractivity contribution in [2.45, 2.75) is 31.1 Å². The summed E-state index contributed by atoms with van der Waals surface area (Å²) in [5.74, 6) is 0. The summed E-state index contributed by atoms with van der Waals surface area (Å²) in [5.41, 5.74) is 3.45. The zero-order chi connectivity index (χ0) is 16.3. The summed E-state index contributed by atoms with van der Waals surface area (Å²) in [7, 11) is 1.58. The van der Waals surface area contributed by atoms with Crippen molar-refractivity contribution in [1.82, 2.24) is 0 Å². The number of nitrogens with zero attached hydrogens (tertiary/aromatic N) is 1. The molecule has 0 amide bonds. The Kier molecular flexibility index (Phi) is 4.62. The molecule has 1 heterocycles. The molecular formula is C19H21NO2S. The van der Waals surface area contributed by atoms with Crippen molar-refractivity contribution in [2.24, 2.45) is 4.40 Å². The Balaban J connectivity index is 1.80. The molecule has 4 heteroatoms. The molecular weight excluding hydrogens is 306 g/mol. The smallest absolute Gasteiger partial charge is 0.395 e. The van der Waals surface area contributed by atoms with Gasteiger partial charge >= 0.3 is 6.08 Å². The van der Waals surface area contributed by atoms with E-state index in [9.17, 15) is 0 Å². The summed E-state index contributed by atoms with van der Waals surface area (Å²) < 4.78 is 15.2. The first-order chi connectivity index (χ1) is 11.1. The maximum atomic E-state index is 5.83. The number of methoxy groups -OCH3 is 1. The van der Waals surface area contributed by atoms with Gasteiger partial charge in [0.05, 0.1) is 12.4 Å². The van der Waals surface area contributed by atoms with E-state index in [1.807, 2.05) is 6.07 Å². The predicted octanol–water partition coefficient (Wildman–Crippen LogP) is 4.72. The van der Waals surface area contributed by atoms with Gasteiger partial charge in [0.25, 0.3) is 0 Å². The van der Waals surface area contributed by atoms with Gasteiger partial charge in [0.1, 0.15) is 5.60 Å². The molecule has 23 heavy (non-hydrogen) atoms. The fourth-order valence-electron chi connectivity index (χ4n) is 2.63. The summed E-state index contributed by atoms with van der Waals surface area (Å²) in [4.78, 5) is 0. The standard InChI is InChI=1S/C19H21NO2S/c1-19(2)17(23-20-18(21-3)22-19)13-14-8-7-11-16(12-14)15-9-5-4-6-10-15/h4-12,17H,13H2,1-3H3. The second kappa shape index (κ2) is 6.67. The first-order valence-corrected chi connectivity index (χ1v) is 8.53. The minimum Gasteiger partial charge on any atom is -0.453 e. The van der Waals surface area contributed by atoms with Gasteiger partial charge in [0.15, 0.2) is 0 Å². The van der Waals surface area contributed by atoms with Gasteiger partial charge in [-0.25, -0.2) is 0 Å². The Labute approximate surface area is 141 Å². The third-order valence-electron chi connectivity index (χ3n) is 4.01. The lowest BCUT2D eigenvalue weighted by molar-refractivity contribution is 0.0481. The highest BCUT2D eigenvalue weighted by atomic mass is 32.2. The molecule has 2 aromatic rings.